The van der Waals surface area contributed by atoms with Crippen molar-refractivity contribution in [2.24, 2.45) is 5.92 Å². The maximum absolute atomic E-state index is 12.2. The molecule has 2 heterocycles. The van der Waals surface area contributed by atoms with Gasteiger partial charge in [0.15, 0.2) is 0 Å². The van der Waals surface area contributed by atoms with Gasteiger partial charge in [-0.05, 0) is 24.5 Å². The average molecular weight is 235 g/mol. The van der Waals surface area contributed by atoms with E-state index in [4.69, 9.17) is 5.73 Å². The SMILES string of the molecule is CC1CCN(C(=O)c2cccc(N)n2)C1CO. The Kier molecular flexibility index (Phi) is 3.28. The molecule has 1 aromatic rings. The Morgan fingerprint density at radius 2 is 2.41 bits per heavy atom. The molecular weight excluding hydrogens is 218 g/mol. The molecule has 1 fully saturated rings. The minimum Gasteiger partial charge on any atom is -0.394 e. The van der Waals surface area contributed by atoms with Crippen LogP contribution in [0.1, 0.15) is 23.8 Å². The number of nitrogens with zero attached hydrogens (tertiary/aromatic N) is 2. The lowest BCUT2D eigenvalue weighted by Gasteiger charge is -2.24. The lowest BCUT2D eigenvalue weighted by Crippen LogP contribution is -2.40. The Bertz CT molecular complexity index is 422. The number of likely N-dealkylation sites (tertiary alicyclic amines) is 1. The summed E-state index contributed by atoms with van der Waals surface area (Å²) in [5.41, 5.74) is 5.90. The van der Waals surface area contributed by atoms with E-state index < -0.39 is 0 Å². The van der Waals surface area contributed by atoms with Crippen LogP contribution in [-0.2, 0) is 0 Å². The van der Waals surface area contributed by atoms with Crippen LogP contribution < -0.4 is 5.73 Å². The van der Waals surface area contributed by atoms with Gasteiger partial charge in [0.2, 0.25) is 0 Å². The maximum Gasteiger partial charge on any atom is 0.272 e. The van der Waals surface area contributed by atoms with E-state index in [1.807, 2.05) is 6.92 Å². The van der Waals surface area contributed by atoms with Crippen LogP contribution >= 0.6 is 0 Å². The predicted molar refractivity (Wildman–Crippen MR) is 64.3 cm³/mol. The molecule has 1 saturated heterocycles. The molecule has 92 valence electrons. The number of nitrogen functional groups attached to an aromatic ring is 1. The van der Waals surface area contributed by atoms with Gasteiger partial charge in [0.25, 0.3) is 5.91 Å². The zero-order valence-electron chi connectivity index (χ0n) is 9.84. The molecule has 0 spiro atoms. The molecule has 0 aromatic carbocycles. The zero-order valence-corrected chi connectivity index (χ0v) is 9.84. The third-order valence-corrected chi connectivity index (χ3v) is 3.32. The molecule has 17 heavy (non-hydrogen) atoms. The number of aliphatic hydroxyl groups excluding tert-OH is 1. The van der Waals surface area contributed by atoms with Crippen LogP contribution in [0, 0.1) is 5.92 Å². The number of nitrogens with two attached hydrogens (primary N) is 1. The van der Waals surface area contributed by atoms with Crippen molar-refractivity contribution in [2.45, 2.75) is 19.4 Å². The van der Waals surface area contributed by atoms with Gasteiger partial charge >= 0.3 is 0 Å². The van der Waals surface area contributed by atoms with Crippen LogP contribution in [0.3, 0.4) is 0 Å². The van der Waals surface area contributed by atoms with Gasteiger partial charge in [-0.25, -0.2) is 4.98 Å². The summed E-state index contributed by atoms with van der Waals surface area (Å²) in [7, 11) is 0. The van der Waals surface area contributed by atoms with Gasteiger partial charge in [-0.3, -0.25) is 4.79 Å². The first-order valence-corrected chi connectivity index (χ1v) is 5.78. The van der Waals surface area contributed by atoms with Crippen LogP contribution in [0.2, 0.25) is 0 Å². The van der Waals surface area contributed by atoms with Crippen molar-refractivity contribution in [1.82, 2.24) is 9.88 Å². The number of anilines is 1. The fourth-order valence-corrected chi connectivity index (χ4v) is 2.26. The highest BCUT2D eigenvalue weighted by atomic mass is 16.3. The number of carbonyl (C=O) groups is 1. The first kappa shape index (κ1) is 11.9. The fourth-order valence-electron chi connectivity index (χ4n) is 2.26. The molecule has 2 atom stereocenters. The molecule has 5 heteroatoms. The fraction of sp³-hybridized carbons (Fsp3) is 0.500. The second-order valence-electron chi connectivity index (χ2n) is 4.46. The molecule has 2 rings (SSSR count). The summed E-state index contributed by atoms with van der Waals surface area (Å²) >= 11 is 0. The van der Waals surface area contributed by atoms with E-state index in [0.29, 0.717) is 24.0 Å². The number of carbonyl (C=O) groups excluding carboxylic acids is 1. The Morgan fingerprint density at radius 1 is 1.65 bits per heavy atom. The summed E-state index contributed by atoms with van der Waals surface area (Å²) in [5, 5.41) is 9.32. The summed E-state index contributed by atoms with van der Waals surface area (Å²) in [4.78, 5) is 17.9. The van der Waals surface area contributed by atoms with Crippen molar-refractivity contribution in [2.75, 3.05) is 18.9 Å². The van der Waals surface area contributed by atoms with Crippen molar-refractivity contribution in [3.63, 3.8) is 0 Å². The van der Waals surface area contributed by atoms with Crippen molar-refractivity contribution >= 4 is 11.7 Å². The third-order valence-electron chi connectivity index (χ3n) is 3.32. The molecule has 2 unspecified atom stereocenters. The number of pyridine rings is 1. The molecule has 1 aliphatic heterocycles. The monoisotopic (exact) mass is 235 g/mol. The molecule has 1 aromatic heterocycles. The topological polar surface area (TPSA) is 79.5 Å². The second kappa shape index (κ2) is 4.71. The average Bonchev–Trinajstić information content (AvgIpc) is 2.69. The van der Waals surface area contributed by atoms with Crippen molar-refractivity contribution in [3.05, 3.63) is 23.9 Å². The van der Waals surface area contributed by atoms with E-state index in [0.717, 1.165) is 6.42 Å². The minimum absolute atomic E-state index is 0.00474. The zero-order chi connectivity index (χ0) is 12.4. The minimum atomic E-state index is -0.152. The highest BCUT2D eigenvalue weighted by Crippen LogP contribution is 2.24. The van der Waals surface area contributed by atoms with E-state index in [-0.39, 0.29) is 18.6 Å². The Balaban J connectivity index is 2.20. The van der Waals surface area contributed by atoms with Gasteiger partial charge in [-0.2, -0.15) is 0 Å². The summed E-state index contributed by atoms with van der Waals surface area (Å²) in [5.74, 6) is 0.509. The number of rotatable bonds is 2. The maximum atomic E-state index is 12.2. The van der Waals surface area contributed by atoms with E-state index in [9.17, 15) is 9.90 Å². The molecule has 5 nitrogen and oxygen atoms in total. The van der Waals surface area contributed by atoms with E-state index in [1.54, 1.807) is 23.1 Å². The van der Waals surface area contributed by atoms with Gasteiger partial charge < -0.3 is 15.7 Å². The lowest BCUT2D eigenvalue weighted by atomic mass is 10.0. The molecule has 3 N–H and O–H groups in total. The largest absolute Gasteiger partial charge is 0.394 e. The number of aromatic nitrogens is 1. The highest BCUT2D eigenvalue weighted by molar-refractivity contribution is 5.93. The van der Waals surface area contributed by atoms with E-state index in [1.165, 1.54) is 0 Å². The second-order valence-corrected chi connectivity index (χ2v) is 4.46. The Labute approximate surface area is 100 Å². The lowest BCUT2D eigenvalue weighted by molar-refractivity contribution is 0.0642. The predicted octanol–water partition coefficient (Wildman–Crippen LogP) is 0.507. The molecule has 0 bridgehead atoms. The number of hydrogen-bond acceptors (Lipinski definition) is 4. The van der Waals surface area contributed by atoms with Crippen LogP contribution in [-0.4, -0.2) is 40.1 Å². The Hall–Kier alpha value is -1.62. The van der Waals surface area contributed by atoms with Crippen molar-refractivity contribution < 1.29 is 9.90 Å². The molecule has 0 radical (unpaired) electrons. The van der Waals surface area contributed by atoms with E-state index in [2.05, 4.69) is 4.98 Å². The standard InChI is InChI=1S/C12H17N3O2/c1-8-5-6-15(10(8)7-16)12(17)9-3-2-4-11(13)14-9/h2-4,8,10,16H,5-7H2,1H3,(H2,13,14). The van der Waals surface area contributed by atoms with Gasteiger partial charge in [-0.15, -0.1) is 0 Å². The highest BCUT2D eigenvalue weighted by Gasteiger charge is 2.34. The molecule has 0 aliphatic carbocycles. The van der Waals surface area contributed by atoms with Crippen LogP contribution in [0.4, 0.5) is 5.82 Å². The number of hydrogen-bond donors (Lipinski definition) is 2. The molecular formula is C12H17N3O2. The smallest absolute Gasteiger partial charge is 0.272 e. The van der Waals surface area contributed by atoms with E-state index >= 15 is 0 Å². The van der Waals surface area contributed by atoms with Crippen LogP contribution in [0.15, 0.2) is 18.2 Å². The normalized spacial score (nSPS) is 24.0. The van der Waals surface area contributed by atoms with Crippen molar-refractivity contribution in [1.29, 1.82) is 0 Å². The summed E-state index contributed by atoms with van der Waals surface area (Å²) in [6.07, 6.45) is 0.916. The first-order chi connectivity index (χ1) is 8.13. The van der Waals surface area contributed by atoms with Crippen LogP contribution in [0.25, 0.3) is 0 Å². The van der Waals surface area contributed by atoms with Gasteiger partial charge in [0.1, 0.15) is 11.5 Å². The number of aliphatic hydroxyl groups is 1. The van der Waals surface area contributed by atoms with Crippen LogP contribution in [0.5, 0.6) is 0 Å². The van der Waals surface area contributed by atoms with Crippen molar-refractivity contribution in [3.8, 4) is 0 Å². The molecule has 1 aliphatic rings. The summed E-state index contributed by atoms with van der Waals surface area (Å²) < 4.78 is 0. The number of amides is 1. The first-order valence-electron chi connectivity index (χ1n) is 5.78. The van der Waals surface area contributed by atoms with Gasteiger partial charge in [-0.1, -0.05) is 13.0 Å². The molecule has 1 amide bonds. The quantitative estimate of drug-likeness (QED) is 0.782. The Morgan fingerprint density at radius 3 is 3.06 bits per heavy atom. The third kappa shape index (κ3) is 2.24. The van der Waals surface area contributed by atoms with Gasteiger partial charge in [0, 0.05) is 6.54 Å². The summed E-state index contributed by atoms with van der Waals surface area (Å²) in [6.45, 7) is 2.71. The summed E-state index contributed by atoms with van der Waals surface area (Å²) in [6, 6.07) is 4.90. The molecule has 0 saturated carbocycles. The van der Waals surface area contributed by atoms with Gasteiger partial charge in [0.05, 0.1) is 12.6 Å².